The Morgan fingerprint density at radius 3 is 2.03 bits per heavy atom. The maximum atomic E-state index is 14.5. The molecule has 0 radical (unpaired) electrons. The molecule has 35 heavy (non-hydrogen) atoms. The number of hydrogen-bond acceptors (Lipinski definition) is 0. The van der Waals surface area contributed by atoms with E-state index in [1.54, 1.807) is 18.2 Å². The van der Waals surface area contributed by atoms with Crippen LogP contribution in [0.3, 0.4) is 0 Å². The number of unbranched alkanes of at least 4 members (excludes halogenated alkanes) is 3. The van der Waals surface area contributed by atoms with E-state index in [0.717, 1.165) is 48.0 Å². The van der Waals surface area contributed by atoms with Gasteiger partial charge in [-0.25, -0.2) is 8.78 Å². The second kappa shape index (κ2) is 13.4. The predicted molar refractivity (Wildman–Crippen MR) is 145 cm³/mol. The lowest BCUT2D eigenvalue weighted by Gasteiger charge is -2.43. The third-order valence-electron chi connectivity index (χ3n) is 10.1. The van der Waals surface area contributed by atoms with Gasteiger partial charge >= 0.3 is 0 Å². The normalized spacial score (nSPS) is 31.2. The molecular formula is C33H50F2. The average Bonchev–Trinajstić information content (AvgIpc) is 2.87. The lowest BCUT2D eigenvalue weighted by molar-refractivity contribution is 0.108. The summed E-state index contributed by atoms with van der Waals surface area (Å²) in [5.41, 5.74) is 1.05. The Hall–Kier alpha value is -1.18. The Kier molecular flexibility index (Phi) is 10.3. The van der Waals surface area contributed by atoms with Crippen molar-refractivity contribution >= 4 is 0 Å². The van der Waals surface area contributed by atoms with Crippen molar-refractivity contribution in [1.29, 1.82) is 0 Å². The average molecular weight is 485 g/mol. The molecule has 196 valence electrons. The van der Waals surface area contributed by atoms with Crippen LogP contribution in [0.1, 0.15) is 133 Å². The summed E-state index contributed by atoms with van der Waals surface area (Å²) in [4.78, 5) is 0. The fraction of sp³-hybridized carbons (Fsp3) is 0.758. The van der Waals surface area contributed by atoms with Crippen LogP contribution < -0.4 is 0 Å². The maximum Gasteiger partial charge on any atom is 0.129 e. The van der Waals surface area contributed by atoms with Gasteiger partial charge in [0.15, 0.2) is 0 Å². The van der Waals surface area contributed by atoms with E-state index in [1.165, 1.54) is 96.3 Å². The van der Waals surface area contributed by atoms with Crippen LogP contribution in [0.5, 0.6) is 0 Å². The van der Waals surface area contributed by atoms with Crippen molar-refractivity contribution in [2.24, 2.45) is 29.6 Å². The van der Waals surface area contributed by atoms with Crippen LogP contribution in [0.4, 0.5) is 8.78 Å². The minimum Gasteiger partial charge on any atom is -0.207 e. The molecule has 0 N–H and O–H groups in total. The van der Waals surface area contributed by atoms with Crippen LogP contribution in [0.15, 0.2) is 24.8 Å². The highest BCUT2D eigenvalue weighted by Gasteiger charge is 2.36. The molecule has 4 atom stereocenters. The molecule has 0 spiro atoms. The zero-order valence-corrected chi connectivity index (χ0v) is 22.4. The van der Waals surface area contributed by atoms with Crippen LogP contribution in [0, 0.1) is 41.2 Å². The van der Waals surface area contributed by atoms with Crippen molar-refractivity contribution in [1.82, 2.24) is 0 Å². The third kappa shape index (κ3) is 7.42. The Morgan fingerprint density at radius 1 is 0.743 bits per heavy atom. The topological polar surface area (TPSA) is 0 Å². The van der Waals surface area contributed by atoms with E-state index in [1.807, 2.05) is 0 Å². The van der Waals surface area contributed by atoms with Gasteiger partial charge in [-0.15, -0.1) is 6.58 Å². The zero-order chi connectivity index (χ0) is 24.6. The molecule has 0 bridgehead atoms. The van der Waals surface area contributed by atoms with Gasteiger partial charge in [0, 0.05) is 5.56 Å². The fourth-order valence-electron chi connectivity index (χ4n) is 7.89. The molecule has 3 fully saturated rings. The minimum absolute atomic E-state index is 0.165. The second-order valence-electron chi connectivity index (χ2n) is 12.5. The first-order valence-corrected chi connectivity index (χ1v) is 15.2. The monoisotopic (exact) mass is 484 g/mol. The second-order valence-corrected chi connectivity index (χ2v) is 12.5. The molecular weight excluding hydrogens is 434 g/mol. The molecule has 3 aliphatic rings. The molecule has 2 heteroatoms. The molecule has 4 unspecified atom stereocenters. The van der Waals surface area contributed by atoms with Crippen molar-refractivity contribution in [3.63, 3.8) is 0 Å². The predicted octanol–water partition coefficient (Wildman–Crippen LogP) is 10.6. The number of hydrogen-bond donors (Lipinski definition) is 0. The van der Waals surface area contributed by atoms with Crippen molar-refractivity contribution in [3.05, 3.63) is 47.5 Å². The standard InChI is InChI=1S/C33H50F2/c1-3-5-6-7-9-24-10-12-25(13-11-24)14-15-26-16-17-28-21-29(19-18-27(28)20-26)30-22-32(34)31(8-4-2)33(35)23-30/h4,22-29H,2-3,5-21H2,1H3. The summed E-state index contributed by atoms with van der Waals surface area (Å²) in [6.45, 7) is 5.93. The summed E-state index contributed by atoms with van der Waals surface area (Å²) in [7, 11) is 0. The molecule has 3 aliphatic carbocycles. The minimum atomic E-state index is -0.392. The molecule has 3 saturated carbocycles. The van der Waals surface area contributed by atoms with E-state index < -0.39 is 11.6 Å². The Bertz CT molecular complexity index is 767. The number of allylic oxidation sites excluding steroid dienone is 1. The summed E-state index contributed by atoms with van der Waals surface area (Å²) < 4.78 is 29.0. The van der Waals surface area contributed by atoms with Gasteiger partial charge in [0.25, 0.3) is 0 Å². The molecule has 4 rings (SSSR count). The molecule has 0 nitrogen and oxygen atoms in total. The summed E-state index contributed by atoms with van der Waals surface area (Å²) in [6.07, 6.45) is 25.4. The first-order valence-electron chi connectivity index (χ1n) is 15.2. The van der Waals surface area contributed by atoms with Crippen molar-refractivity contribution < 1.29 is 8.78 Å². The van der Waals surface area contributed by atoms with E-state index in [0.29, 0.717) is 5.92 Å². The molecule has 0 amide bonds. The highest BCUT2D eigenvalue weighted by molar-refractivity contribution is 5.30. The Balaban J connectivity index is 1.18. The van der Waals surface area contributed by atoms with Crippen LogP contribution >= 0.6 is 0 Å². The van der Waals surface area contributed by atoms with Crippen LogP contribution in [-0.2, 0) is 6.42 Å². The fourth-order valence-corrected chi connectivity index (χ4v) is 7.89. The summed E-state index contributed by atoms with van der Waals surface area (Å²) in [5, 5.41) is 0. The van der Waals surface area contributed by atoms with Crippen molar-refractivity contribution in [3.8, 4) is 0 Å². The van der Waals surface area contributed by atoms with Gasteiger partial charge in [0.2, 0.25) is 0 Å². The molecule has 1 aromatic carbocycles. The number of halogens is 2. The van der Waals surface area contributed by atoms with Gasteiger partial charge in [0.1, 0.15) is 11.6 Å². The van der Waals surface area contributed by atoms with Gasteiger partial charge in [0.05, 0.1) is 0 Å². The zero-order valence-electron chi connectivity index (χ0n) is 22.4. The van der Waals surface area contributed by atoms with Crippen LogP contribution in [0.2, 0.25) is 0 Å². The molecule has 0 aliphatic heterocycles. The van der Waals surface area contributed by atoms with E-state index in [9.17, 15) is 8.78 Å². The first-order chi connectivity index (χ1) is 17.1. The lowest BCUT2D eigenvalue weighted by Crippen LogP contribution is -2.31. The highest BCUT2D eigenvalue weighted by Crippen LogP contribution is 2.49. The highest BCUT2D eigenvalue weighted by atomic mass is 19.1. The Morgan fingerprint density at radius 2 is 1.34 bits per heavy atom. The Labute approximate surface area is 214 Å². The number of rotatable bonds is 11. The third-order valence-corrected chi connectivity index (χ3v) is 10.1. The van der Waals surface area contributed by atoms with Crippen molar-refractivity contribution in [2.75, 3.05) is 0 Å². The first kappa shape index (κ1) is 26.9. The molecule has 0 heterocycles. The van der Waals surface area contributed by atoms with E-state index in [4.69, 9.17) is 0 Å². The molecule has 0 aromatic heterocycles. The lowest BCUT2D eigenvalue weighted by atomic mass is 9.63. The van der Waals surface area contributed by atoms with Gasteiger partial charge in [-0.1, -0.05) is 90.0 Å². The van der Waals surface area contributed by atoms with E-state index >= 15 is 0 Å². The number of benzene rings is 1. The van der Waals surface area contributed by atoms with Gasteiger partial charge < -0.3 is 0 Å². The number of fused-ring (bicyclic) bond motifs is 1. The van der Waals surface area contributed by atoms with Gasteiger partial charge in [-0.05, 0) is 91.7 Å². The van der Waals surface area contributed by atoms with Gasteiger partial charge in [-0.2, -0.15) is 0 Å². The molecule has 0 saturated heterocycles. The van der Waals surface area contributed by atoms with Crippen molar-refractivity contribution in [2.45, 2.75) is 128 Å². The smallest absolute Gasteiger partial charge is 0.129 e. The summed E-state index contributed by atoms with van der Waals surface area (Å²) in [5.74, 6) is 4.08. The van der Waals surface area contributed by atoms with E-state index in [2.05, 4.69) is 13.5 Å². The van der Waals surface area contributed by atoms with E-state index in [-0.39, 0.29) is 12.0 Å². The molecule has 1 aromatic rings. The maximum absolute atomic E-state index is 14.5. The van der Waals surface area contributed by atoms with Gasteiger partial charge in [-0.3, -0.25) is 0 Å². The summed E-state index contributed by atoms with van der Waals surface area (Å²) in [6, 6.07) is 3.22. The van der Waals surface area contributed by atoms with Crippen LogP contribution in [0.25, 0.3) is 0 Å². The quantitative estimate of drug-likeness (QED) is 0.216. The van der Waals surface area contributed by atoms with Crippen LogP contribution in [-0.4, -0.2) is 0 Å². The largest absolute Gasteiger partial charge is 0.207 e. The summed E-state index contributed by atoms with van der Waals surface area (Å²) >= 11 is 0. The SMILES string of the molecule is C=CCc1c(F)cc(C2CCC3CC(CCC4CCC(CCCCCC)CC4)CCC3C2)cc1F.